The van der Waals surface area contributed by atoms with E-state index in [4.69, 9.17) is 0 Å². The van der Waals surface area contributed by atoms with Crippen LogP contribution in [0.4, 0.5) is 0 Å². The summed E-state index contributed by atoms with van der Waals surface area (Å²) in [6.07, 6.45) is 1.99. The molecule has 1 N–H and O–H groups in total. The smallest absolute Gasteiger partial charge is 0.0460 e. The van der Waals surface area contributed by atoms with E-state index in [0.717, 1.165) is 0 Å². The van der Waals surface area contributed by atoms with Crippen molar-refractivity contribution in [3.63, 3.8) is 0 Å². The maximum atomic E-state index is 3.23. The fraction of sp³-hybridized carbons (Fsp3) is 0. The lowest BCUT2D eigenvalue weighted by atomic mass is 10.1. The van der Waals surface area contributed by atoms with E-state index in [1.165, 1.54) is 22.0 Å². The molecule has 0 aliphatic heterocycles. The molecule has 3 rings (SSSR count). The highest BCUT2D eigenvalue weighted by atomic mass is 32.1. The lowest BCUT2D eigenvalue weighted by Crippen LogP contribution is -1.74. The van der Waals surface area contributed by atoms with Gasteiger partial charge in [-0.3, -0.25) is 0 Å². The Morgan fingerprint density at radius 2 is 2.07 bits per heavy atom. The molecule has 0 fully saturated rings. The van der Waals surface area contributed by atoms with Crippen LogP contribution in [0.1, 0.15) is 0 Å². The van der Waals surface area contributed by atoms with E-state index >= 15 is 0 Å². The summed E-state index contributed by atoms with van der Waals surface area (Å²) >= 11 is 1.74. The minimum Gasteiger partial charge on any atom is -0.361 e. The van der Waals surface area contributed by atoms with Gasteiger partial charge in [-0.2, -0.15) is 11.3 Å². The Bertz CT molecular complexity index is 548. The van der Waals surface area contributed by atoms with Gasteiger partial charge in [-0.1, -0.05) is 12.1 Å². The van der Waals surface area contributed by atoms with Crippen molar-refractivity contribution >= 4 is 22.2 Å². The van der Waals surface area contributed by atoms with Crippen molar-refractivity contribution in [3.8, 4) is 11.1 Å². The molecule has 1 nitrogen and oxygen atoms in total. The summed E-state index contributed by atoms with van der Waals surface area (Å²) in [5.74, 6) is 0. The maximum absolute atomic E-state index is 3.23. The number of hydrogen-bond donors (Lipinski definition) is 1. The Balaban J connectivity index is 2.36. The molecule has 0 saturated carbocycles. The van der Waals surface area contributed by atoms with Crippen LogP contribution in [0, 0.1) is 0 Å². The molecular weight excluding hydrogens is 190 g/mol. The van der Waals surface area contributed by atoms with Crippen molar-refractivity contribution in [1.29, 1.82) is 0 Å². The zero-order chi connectivity index (χ0) is 9.38. The van der Waals surface area contributed by atoms with Gasteiger partial charge in [-0.15, -0.1) is 0 Å². The molecule has 0 atom stereocenters. The molecule has 0 aliphatic carbocycles. The van der Waals surface area contributed by atoms with Gasteiger partial charge in [0.15, 0.2) is 0 Å². The number of aromatic nitrogens is 1. The highest BCUT2D eigenvalue weighted by Crippen LogP contribution is 2.29. The molecule has 68 valence electrons. The van der Waals surface area contributed by atoms with Gasteiger partial charge in [0.25, 0.3) is 0 Å². The summed E-state index contributed by atoms with van der Waals surface area (Å²) in [5.41, 5.74) is 3.82. The van der Waals surface area contributed by atoms with Gasteiger partial charge >= 0.3 is 0 Å². The van der Waals surface area contributed by atoms with Gasteiger partial charge in [0.2, 0.25) is 0 Å². The van der Waals surface area contributed by atoms with Crippen molar-refractivity contribution in [2.75, 3.05) is 0 Å². The number of hydrogen-bond acceptors (Lipinski definition) is 1. The third-order valence-electron chi connectivity index (χ3n) is 2.43. The second-order valence-corrected chi connectivity index (χ2v) is 4.04. The molecule has 14 heavy (non-hydrogen) atoms. The normalized spacial score (nSPS) is 10.9. The van der Waals surface area contributed by atoms with E-state index in [1.807, 2.05) is 6.20 Å². The number of benzene rings is 1. The number of H-pyrrole nitrogens is 1. The van der Waals surface area contributed by atoms with Crippen LogP contribution < -0.4 is 0 Å². The van der Waals surface area contributed by atoms with Gasteiger partial charge in [0.05, 0.1) is 0 Å². The fourth-order valence-electron chi connectivity index (χ4n) is 1.75. The minimum absolute atomic E-state index is 1.20. The molecule has 2 aromatic heterocycles. The van der Waals surface area contributed by atoms with Gasteiger partial charge in [0.1, 0.15) is 0 Å². The summed E-state index contributed by atoms with van der Waals surface area (Å²) in [4.78, 5) is 3.23. The molecule has 3 aromatic rings. The molecule has 0 amide bonds. The van der Waals surface area contributed by atoms with Crippen molar-refractivity contribution in [2.24, 2.45) is 0 Å². The quantitative estimate of drug-likeness (QED) is 0.612. The van der Waals surface area contributed by atoms with Crippen molar-refractivity contribution < 1.29 is 0 Å². The first-order valence-corrected chi connectivity index (χ1v) is 5.48. The van der Waals surface area contributed by atoms with Crippen LogP contribution in [-0.2, 0) is 0 Å². The van der Waals surface area contributed by atoms with Crippen LogP contribution in [0.3, 0.4) is 0 Å². The number of thiophene rings is 1. The number of aromatic amines is 1. The maximum Gasteiger partial charge on any atom is 0.0460 e. The number of fused-ring (bicyclic) bond motifs is 1. The topological polar surface area (TPSA) is 15.8 Å². The summed E-state index contributed by atoms with van der Waals surface area (Å²) < 4.78 is 0. The first kappa shape index (κ1) is 7.83. The molecule has 1 aromatic carbocycles. The number of rotatable bonds is 1. The predicted octanol–water partition coefficient (Wildman–Crippen LogP) is 3.90. The lowest BCUT2D eigenvalue weighted by molar-refractivity contribution is 1.48. The third-order valence-corrected chi connectivity index (χ3v) is 3.11. The van der Waals surface area contributed by atoms with Crippen LogP contribution in [0.5, 0.6) is 0 Å². The summed E-state index contributed by atoms with van der Waals surface area (Å²) in [6.45, 7) is 0. The predicted molar refractivity (Wildman–Crippen MR) is 61.6 cm³/mol. The first-order valence-electron chi connectivity index (χ1n) is 4.54. The number of nitrogens with one attached hydrogen (secondary N) is 1. The van der Waals surface area contributed by atoms with E-state index < -0.39 is 0 Å². The molecule has 0 bridgehead atoms. The van der Waals surface area contributed by atoms with Crippen LogP contribution in [0.25, 0.3) is 22.0 Å². The van der Waals surface area contributed by atoms with Crippen LogP contribution in [0.15, 0.2) is 47.3 Å². The molecule has 0 saturated heterocycles. The average Bonchev–Trinajstić information content (AvgIpc) is 2.88. The van der Waals surface area contributed by atoms with Gasteiger partial charge in [-0.05, 0) is 40.1 Å². The highest BCUT2D eigenvalue weighted by Gasteiger charge is 2.03. The van der Waals surface area contributed by atoms with E-state index in [-0.39, 0.29) is 0 Å². The van der Waals surface area contributed by atoms with E-state index in [0.29, 0.717) is 0 Å². The Kier molecular flexibility index (Phi) is 1.67. The van der Waals surface area contributed by atoms with Crippen molar-refractivity contribution in [2.45, 2.75) is 0 Å². The van der Waals surface area contributed by atoms with Gasteiger partial charge in [0, 0.05) is 17.1 Å². The Morgan fingerprint density at radius 3 is 2.93 bits per heavy atom. The minimum atomic E-state index is 1.20. The second-order valence-electron chi connectivity index (χ2n) is 3.26. The zero-order valence-corrected chi connectivity index (χ0v) is 8.34. The summed E-state index contributed by atoms with van der Waals surface area (Å²) in [5, 5.41) is 5.59. The Morgan fingerprint density at radius 1 is 1.07 bits per heavy atom. The van der Waals surface area contributed by atoms with E-state index in [9.17, 15) is 0 Å². The fourth-order valence-corrected chi connectivity index (χ4v) is 2.41. The average molecular weight is 199 g/mol. The van der Waals surface area contributed by atoms with Crippen molar-refractivity contribution in [1.82, 2.24) is 4.98 Å². The molecule has 2 heterocycles. The molecule has 0 unspecified atom stereocenters. The van der Waals surface area contributed by atoms with E-state index in [2.05, 4.69) is 46.1 Å². The van der Waals surface area contributed by atoms with E-state index in [1.54, 1.807) is 11.3 Å². The molecule has 0 spiro atoms. The van der Waals surface area contributed by atoms with Gasteiger partial charge in [-0.25, -0.2) is 0 Å². The van der Waals surface area contributed by atoms with Crippen LogP contribution in [-0.4, -0.2) is 4.98 Å². The van der Waals surface area contributed by atoms with Crippen molar-refractivity contribution in [3.05, 3.63) is 47.3 Å². The standard InChI is InChI=1S/C12H9NS/c1-2-10(9-5-7-14-8-9)11-4-6-13-12(11)3-1/h1-8,13H. The zero-order valence-electron chi connectivity index (χ0n) is 7.53. The molecule has 2 heteroatoms. The lowest BCUT2D eigenvalue weighted by Gasteiger charge is -1.99. The Hall–Kier alpha value is -1.54. The molecule has 0 radical (unpaired) electrons. The van der Waals surface area contributed by atoms with Crippen LogP contribution in [0.2, 0.25) is 0 Å². The second kappa shape index (κ2) is 3.00. The molecular formula is C12H9NS. The Labute approximate surface area is 86.0 Å². The summed E-state index contributed by atoms with van der Waals surface area (Å²) in [6, 6.07) is 10.6. The van der Waals surface area contributed by atoms with Crippen LogP contribution >= 0.6 is 11.3 Å². The highest BCUT2D eigenvalue weighted by molar-refractivity contribution is 7.08. The molecule has 0 aliphatic rings. The van der Waals surface area contributed by atoms with Gasteiger partial charge < -0.3 is 4.98 Å². The first-order chi connectivity index (χ1) is 6.95. The SMILES string of the molecule is c1cc(-c2ccsc2)c2cc[nH]c2c1. The summed E-state index contributed by atoms with van der Waals surface area (Å²) in [7, 11) is 0. The monoisotopic (exact) mass is 199 g/mol. The third kappa shape index (κ3) is 1.08. The largest absolute Gasteiger partial charge is 0.361 e.